The molecule has 3 heteroatoms. The van der Waals surface area contributed by atoms with Crippen LogP contribution in [0.15, 0.2) is 24.3 Å². The monoisotopic (exact) mass is 233 g/mol. The average molecular weight is 233 g/mol. The van der Waals surface area contributed by atoms with Gasteiger partial charge in [-0.1, -0.05) is 24.3 Å². The Hall–Kier alpha value is -0.900. The number of nitrogens with two attached hydrogens (primary N) is 1. The molecule has 0 aromatic heterocycles. The summed E-state index contributed by atoms with van der Waals surface area (Å²) < 4.78 is 10.8. The van der Waals surface area contributed by atoms with Gasteiger partial charge in [-0.3, -0.25) is 0 Å². The number of hydrogen-bond donors (Lipinski definition) is 1. The second kappa shape index (κ2) is 4.41. The zero-order valence-corrected chi connectivity index (χ0v) is 10.0. The van der Waals surface area contributed by atoms with Crippen LogP contribution in [0.3, 0.4) is 0 Å². The molecule has 1 aliphatic heterocycles. The molecule has 92 valence electrons. The minimum atomic E-state index is -0.0436. The largest absolute Gasteiger partial charge is 0.355 e. The molecule has 1 atom stereocenters. The molecule has 1 unspecified atom stereocenters. The fourth-order valence-corrected chi connectivity index (χ4v) is 2.41. The van der Waals surface area contributed by atoms with Crippen molar-refractivity contribution in [3.05, 3.63) is 35.4 Å². The summed E-state index contributed by atoms with van der Waals surface area (Å²) in [5.74, 6) is 0.444. The van der Waals surface area contributed by atoms with Crippen LogP contribution < -0.4 is 5.73 Å². The van der Waals surface area contributed by atoms with Gasteiger partial charge in [0.1, 0.15) is 6.79 Å². The lowest BCUT2D eigenvalue weighted by atomic mass is 9.93. The van der Waals surface area contributed by atoms with E-state index in [-0.39, 0.29) is 5.54 Å². The van der Waals surface area contributed by atoms with E-state index in [0.29, 0.717) is 12.7 Å². The Morgan fingerprint density at radius 2 is 2.12 bits per heavy atom. The summed E-state index contributed by atoms with van der Waals surface area (Å²) >= 11 is 0. The highest BCUT2D eigenvalue weighted by Crippen LogP contribution is 2.43. The van der Waals surface area contributed by atoms with Crippen LogP contribution in [0.25, 0.3) is 0 Å². The molecule has 3 rings (SSSR count). The summed E-state index contributed by atoms with van der Waals surface area (Å²) in [5, 5.41) is 0. The molecular formula is C14H19NO2. The summed E-state index contributed by atoms with van der Waals surface area (Å²) in [7, 11) is 0. The summed E-state index contributed by atoms with van der Waals surface area (Å²) in [4.78, 5) is 0. The van der Waals surface area contributed by atoms with Crippen LogP contribution in [-0.4, -0.2) is 20.0 Å². The SMILES string of the molecule is NC1(c2cccc(C3CCOCOC3)c2)CC1. The normalized spacial score (nSPS) is 27.5. The van der Waals surface area contributed by atoms with Gasteiger partial charge in [0, 0.05) is 11.5 Å². The maximum Gasteiger partial charge on any atom is 0.146 e. The van der Waals surface area contributed by atoms with Crippen molar-refractivity contribution in [1.82, 2.24) is 0 Å². The molecule has 1 saturated heterocycles. The molecule has 0 amide bonds. The van der Waals surface area contributed by atoms with Crippen molar-refractivity contribution < 1.29 is 9.47 Å². The fourth-order valence-electron chi connectivity index (χ4n) is 2.41. The molecule has 1 aromatic rings. The molecule has 1 saturated carbocycles. The highest BCUT2D eigenvalue weighted by molar-refractivity contribution is 5.34. The molecule has 2 N–H and O–H groups in total. The maximum atomic E-state index is 6.24. The van der Waals surface area contributed by atoms with Gasteiger partial charge < -0.3 is 15.2 Å². The third-order valence-electron chi connectivity index (χ3n) is 3.82. The zero-order valence-electron chi connectivity index (χ0n) is 10.0. The standard InChI is InChI=1S/C14H19NO2/c15-14(5-6-14)13-3-1-2-11(8-13)12-4-7-16-10-17-9-12/h1-3,8,12H,4-7,9-10,15H2. The van der Waals surface area contributed by atoms with Crippen LogP contribution in [0.5, 0.6) is 0 Å². The van der Waals surface area contributed by atoms with Crippen LogP contribution in [0.1, 0.15) is 36.3 Å². The topological polar surface area (TPSA) is 44.5 Å². The average Bonchev–Trinajstić information content (AvgIpc) is 3.14. The Kier molecular flexibility index (Phi) is 2.90. The third-order valence-corrected chi connectivity index (χ3v) is 3.82. The molecule has 0 bridgehead atoms. The molecule has 1 aliphatic carbocycles. The first-order valence-corrected chi connectivity index (χ1v) is 6.33. The lowest BCUT2D eigenvalue weighted by Gasteiger charge is -2.16. The van der Waals surface area contributed by atoms with E-state index in [2.05, 4.69) is 24.3 Å². The van der Waals surface area contributed by atoms with Gasteiger partial charge in [-0.15, -0.1) is 0 Å². The van der Waals surface area contributed by atoms with Crippen molar-refractivity contribution >= 4 is 0 Å². The van der Waals surface area contributed by atoms with E-state index in [0.717, 1.165) is 32.5 Å². The molecule has 1 heterocycles. The Morgan fingerprint density at radius 1 is 1.24 bits per heavy atom. The minimum absolute atomic E-state index is 0.0436. The Balaban J connectivity index is 1.81. The maximum absolute atomic E-state index is 6.24. The van der Waals surface area contributed by atoms with E-state index < -0.39 is 0 Å². The predicted molar refractivity (Wildman–Crippen MR) is 65.7 cm³/mol. The van der Waals surface area contributed by atoms with Crippen LogP contribution in [0.2, 0.25) is 0 Å². The zero-order chi connectivity index (χ0) is 11.7. The minimum Gasteiger partial charge on any atom is -0.355 e. The van der Waals surface area contributed by atoms with Gasteiger partial charge in [0.2, 0.25) is 0 Å². The van der Waals surface area contributed by atoms with Gasteiger partial charge in [-0.25, -0.2) is 0 Å². The van der Waals surface area contributed by atoms with Crippen molar-refractivity contribution in [2.24, 2.45) is 5.73 Å². The summed E-state index contributed by atoms with van der Waals surface area (Å²) in [6.45, 7) is 1.96. The summed E-state index contributed by atoms with van der Waals surface area (Å²) in [6.07, 6.45) is 3.25. The van der Waals surface area contributed by atoms with Crippen molar-refractivity contribution in [2.75, 3.05) is 20.0 Å². The van der Waals surface area contributed by atoms with E-state index in [1.54, 1.807) is 0 Å². The van der Waals surface area contributed by atoms with Crippen LogP contribution in [0.4, 0.5) is 0 Å². The second-order valence-corrected chi connectivity index (χ2v) is 5.16. The van der Waals surface area contributed by atoms with Crippen LogP contribution in [0, 0.1) is 0 Å². The molecule has 2 fully saturated rings. The lowest BCUT2D eigenvalue weighted by Crippen LogP contribution is -2.19. The van der Waals surface area contributed by atoms with Gasteiger partial charge in [0.25, 0.3) is 0 Å². The number of ether oxygens (including phenoxy) is 2. The second-order valence-electron chi connectivity index (χ2n) is 5.16. The number of benzene rings is 1. The van der Waals surface area contributed by atoms with Gasteiger partial charge in [-0.2, -0.15) is 0 Å². The highest BCUT2D eigenvalue weighted by atomic mass is 16.7. The Morgan fingerprint density at radius 3 is 2.94 bits per heavy atom. The van der Waals surface area contributed by atoms with E-state index in [1.165, 1.54) is 11.1 Å². The number of rotatable bonds is 2. The third kappa shape index (κ3) is 2.37. The van der Waals surface area contributed by atoms with Crippen molar-refractivity contribution in [1.29, 1.82) is 0 Å². The van der Waals surface area contributed by atoms with E-state index in [1.807, 2.05) is 0 Å². The van der Waals surface area contributed by atoms with Gasteiger partial charge in [0.15, 0.2) is 0 Å². The van der Waals surface area contributed by atoms with Crippen LogP contribution in [-0.2, 0) is 15.0 Å². The Labute approximate surface area is 102 Å². The van der Waals surface area contributed by atoms with E-state index in [9.17, 15) is 0 Å². The van der Waals surface area contributed by atoms with Gasteiger partial charge >= 0.3 is 0 Å². The molecule has 0 spiro atoms. The predicted octanol–water partition coefficient (Wildman–Crippen LogP) is 2.11. The molecule has 0 radical (unpaired) electrons. The first-order valence-electron chi connectivity index (χ1n) is 6.33. The van der Waals surface area contributed by atoms with E-state index in [4.69, 9.17) is 15.2 Å². The van der Waals surface area contributed by atoms with Gasteiger partial charge in [-0.05, 0) is 30.4 Å². The van der Waals surface area contributed by atoms with Crippen molar-refractivity contribution in [3.63, 3.8) is 0 Å². The summed E-state index contributed by atoms with van der Waals surface area (Å²) in [5.41, 5.74) is 8.81. The van der Waals surface area contributed by atoms with E-state index >= 15 is 0 Å². The molecule has 17 heavy (non-hydrogen) atoms. The molecule has 1 aromatic carbocycles. The smallest absolute Gasteiger partial charge is 0.146 e. The molecular weight excluding hydrogens is 214 g/mol. The first-order chi connectivity index (χ1) is 8.28. The first kappa shape index (κ1) is 11.2. The van der Waals surface area contributed by atoms with Crippen molar-refractivity contribution in [2.45, 2.75) is 30.7 Å². The van der Waals surface area contributed by atoms with Crippen LogP contribution >= 0.6 is 0 Å². The fraction of sp³-hybridized carbons (Fsp3) is 0.571. The van der Waals surface area contributed by atoms with Crippen molar-refractivity contribution in [3.8, 4) is 0 Å². The number of hydrogen-bond acceptors (Lipinski definition) is 3. The molecule has 2 aliphatic rings. The Bertz CT molecular complexity index is 393. The lowest BCUT2D eigenvalue weighted by molar-refractivity contribution is -0.0330. The quantitative estimate of drug-likeness (QED) is 0.851. The summed E-state index contributed by atoms with van der Waals surface area (Å²) in [6, 6.07) is 8.69. The highest BCUT2D eigenvalue weighted by Gasteiger charge is 2.40. The molecule has 3 nitrogen and oxygen atoms in total. The van der Waals surface area contributed by atoms with Gasteiger partial charge in [0.05, 0.1) is 13.2 Å².